The second-order valence-electron chi connectivity index (χ2n) is 9.84. The van der Waals surface area contributed by atoms with E-state index < -0.39 is 16.1 Å². The van der Waals surface area contributed by atoms with Gasteiger partial charge in [-0.25, -0.2) is 8.42 Å². The summed E-state index contributed by atoms with van der Waals surface area (Å²) in [6.45, 7) is 6.16. The third-order valence-electron chi connectivity index (χ3n) is 7.01. The van der Waals surface area contributed by atoms with E-state index in [4.69, 9.17) is 0 Å². The van der Waals surface area contributed by atoms with Gasteiger partial charge in [-0.05, 0) is 62.8 Å². The van der Waals surface area contributed by atoms with Crippen LogP contribution in [0.4, 0.5) is 5.69 Å². The van der Waals surface area contributed by atoms with Gasteiger partial charge >= 0.3 is 0 Å². The molecule has 1 fully saturated rings. The van der Waals surface area contributed by atoms with Gasteiger partial charge in [0.25, 0.3) is 0 Å². The number of rotatable bonds is 11. The maximum atomic E-state index is 13.5. The zero-order valence-electron chi connectivity index (χ0n) is 21.9. The van der Waals surface area contributed by atoms with Crippen molar-refractivity contribution in [3.05, 3.63) is 65.2 Å². The van der Waals surface area contributed by atoms with Gasteiger partial charge in [-0.3, -0.25) is 13.9 Å². The Bertz CT molecular complexity index is 1160. The smallest absolute Gasteiger partial charge is 0.242 e. The zero-order valence-corrected chi connectivity index (χ0v) is 22.7. The van der Waals surface area contributed by atoms with Crippen LogP contribution < -0.4 is 9.62 Å². The lowest BCUT2D eigenvalue weighted by Crippen LogP contribution is -2.49. The lowest BCUT2D eigenvalue weighted by Gasteiger charge is -2.31. The van der Waals surface area contributed by atoms with Gasteiger partial charge in [0.2, 0.25) is 21.8 Å². The Hall–Kier alpha value is -2.87. The number of aryl methyl sites for hydroxylation is 2. The summed E-state index contributed by atoms with van der Waals surface area (Å²) in [5.41, 5.74) is 3.52. The molecule has 2 aromatic rings. The number of carbonyl (C=O) groups is 2. The van der Waals surface area contributed by atoms with E-state index >= 15 is 0 Å². The van der Waals surface area contributed by atoms with E-state index in [1.807, 2.05) is 50.2 Å². The fourth-order valence-electron chi connectivity index (χ4n) is 4.77. The van der Waals surface area contributed by atoms with E-state index in [0.717, 1.165) is 42.4 Å². The van der Waals surface area contributed by atoms with Crippen molar-refractivity contribution in [3.8, 4) is 0 Å². The van der Waals surface area contributed by atoms with E-state index in [-0.39, 0.29) is 30.8 Å². The number of para-hydroxylation sites is 1. The summed E-state index contributed by atoms with van der Waals surface area (Å²) < 4.78 is 26.4. The van der Waals surface area contributed by atoms with E-state index in [1.54, 1.807) is 24.0 Å². The average molecular weight is 514 g/mol. The molecule has 1 saturated carbocycles. The highest BCUT2D eigenvalue weighted by Crippen LogP contribution is 2.23. The highest BCUT2D eigenvalue weighted by Gasteiger charge is 2.29. The van der Waals surface area contributed by atoms with Crippen LogP contribution in [0.2, 0.25) is 0 Å². The highest BCUT2D eigenvalue weighted by molar-refractivity contribution is 7.92. The van der Waals surface area contributed by atoms with Gasteiger partial charge in [0.05, 0.1) is 11.9 Å². The number of nitrogens with one attached hydrogen (secondary N) is 1. The lowest BCUT2D eigenvalue weighted by molar-refractivity contribution is -0.141. The molecule has 1 aliphatic rings. The molecule has 2 aromatic carbocycles. The normalized spacial score (nSPS) is 14.9. The minimum atomic E-state index is -3.51. The summed E-state index contributed by atoms with van der Waals surface area (Å²) in [6.07, 6.45) is 5.86. The molecule has 3 rings (SSSR count). The molecule has 36 heavy (non-hydrogen) atoms. The maximum Gasteiger partial charge on any atom is 0.242 e. The fourth-order valence-corrected chi connectivity index (χ4v) is 5.79. The summed E-state index contributed by atoms with van der Waals surface area (Å²) >= 11 is 0. The van der Waals surface area contributed by atoms with Crippen molar-refractivity contribution in [1.29, 1.82) is 0 Å². The molecule has 0 saturated heterocycles. The van der Waals surface area contributed by atoms with Crippen molar-refractivity contribution < 1.29 is 18.0 Å². The molecule has 0 aliphatic heterocycles. The monoisotopic (exact) mass is 513 g/mol. The second kappa shape index (κ2) is 12.4. The number of anilines is 1. The van der Waals surface area contributed by atoms with E-state index in [1.165, 1.54) is 10.6 Å². The predicted octanol–water partition coefficient (Wildman–Crippen LogP) is 4.33. The molecule has 1 aliphatic carbocycles. The molecule has 1 atom stereocenters. The molecule has 0 heterocycles. The second-order valence-corrected chi connectivity index (χ2v) is 11.7. The van der Waals surface area contributed by atoms with Crippen LogP contribution >= 0.6 is 0 Å². The van der Waals surface area contributed by atoms with Crippen molar-refractivity contribution in [3.63, 3.8) is 0 Å². The topological polar surface area (TPSA) is 86.8 Å². The quantitative estimate of drug-likeness (QED) is 0.485. The van der Waals surface area contributed by atoms with E-state index in [0.29, 0.717) is 18.7 Å². The molecule has 0 unspecified atom stereocenters. The van der Waals surface area contributed by atoms with Crippen molar-refractivity contribution in [2.24, 2.45) is 0 Å². The van der Waals surface area contributed by atoms with Gasteiger partial charge in [-0.2, -0.15) is 0 Å². The molecular weight excluding hydrogens is 474 g/mol. The van der Waals surface area contributed by atoms with Crippen LogP contribution in [0.25, 0.3) is 0 Å². The first-order valence-corrected chi connectivity index (χ1v) is 14.6. The van der Waals surface area contributed by atoms with E-state index in [2.05, 4.69) is 5.32 Å². The Kier molecular flexibility index (Phi) is 9.54. The van der Waals surface area contributed by atoms with E-state index in [9.17, 15) is 18.0 Å². The number of amides is 2. The van der Waals surface area contributed by atoms with Crippen LogP contribution in [-0.2, 0) is 26.2 Å². The molecule has 0 spiro atoms. The van der Waals surface area contributed by atoms with Crippen molar-refractivity contribution in [2.45, 2.75) is 77.9 Å². The van der Waals surface area contributed by atoms with Gasteiger partial charge < -0.3 is 10.2 Å². The first-order valence-electron chi connectivity index (χ1n) is 12.8. The molecule has 2 amide bonds. The van der Waals surface area contributed by atoms with Crippen LogP contribution in [-0.4, -0.2) is 50.0 Å². The standard InChI is InChI=1S/C28H39N3O4S/c1-21-12-5-7-14-24(21)20-30(23(3)28(33)29-25-15-8-9-16-25)27(32)18-11-19-31(36(4,34)35)26-17-10-6-13-22(26)2/h5-7,10,12-14,17,23,25H,8-9,11,15-16,18-20H2,1-4H3,(H,29,33)/t23-/m1/s1. The summed E-state index contributed by atoms with van der Waals surface area (Å²) in [6, 6.07) is 14.7. The molecular formula is C28H39N3O4S. The summed E-state index contributed by atoms with van der Waals surface area (Å²) in [5, 5.41) is 3.12. The average Bonchev–Trinajstić information content (AvgIpc) is 3.33. The largest absolute Gasteiger partial charge is 0.352 e. The zero-order chi connectivity index (χ0) is 26.3. The van der Waals surface area contributed by atoms with Gasteiger partial charge in [0.1, 0.15) is 6.04 Å². The third-order valence-corrected chi connectivity index (χ3v) is 8.19. The van der Waals surface area contributed by atoms with Crippen LogP contribution in [0.3, 0.4) is 0 Å². The third kappa shape index (κ3) is 7.32. The maximum absolute atomic E-state index is 13.5. The molecule has 0 radical (unpaired) electrons. The van der Waals surface area contributed by atoms with Crippen LogP contribution in [0, 0.1) is 13.8 Å². The van der Waals surface area contributed by atoms with Crippen molar-refractivity contribution >= 4 is 27.5 Å². The number of benzene rings is 2. The highest BCUT2D eigenvalue weighted by atomic mass is 32.2. The van der Waals surface area contributed by atoms with Gasteiger partial charge in [-0.15, -0.1) is 0 Å². The Morgan fingerprint density at radius 1 is 1.00 bits per heavy atom. The summed E-state index contributed by atoms with van der Waals surface area (Å²) in [7, 11) is -3.51. The number of nitrogens with zero attached hydrogens (tertiary/aromatic N) is 2. The number of hydrogen-bond acceptors (Lipinski definition) is 4. The first-order chi connectivity index (χ1) is 17.1. The fraction of sp³-hybridized carbons (Fsp3) is 0.500. The first kappa shape index (κ1) is 27.7. The molecule has 196 valence electrons. The van der Waals surface area contributed by atoms with Gasteiger partial charge in [0, 0.05) is 25.6 Å². The van der Waals surface area contributed by atoms with Crippen molar-refractivity contribution in [2.75, 3.05) is 17.1 Å². The molecule has 1 N–H and O–H groups in total. The number of sulfonamides is 1. The van der Waals surface area contributed by atoms with Gasteiger partial charge in [-0.1, -0.05) is 55.3 Å². The lowest BCUT2D eigenvalue weighted by atomic mass is 10.1. The van der Waals surface area contributed by atoms with Crippen LogP contribution in [0.1, 0.15) is 62.1 Å². The predicted molar refractivity (Wildman–Crippen MR) is 144 cm³/mol. The Balaban J connectivity index is 1.73. The Labute approximate surface area is 215 Å². The van der Waals surface area contributed by atoms with Crippen molar-refractivity contribution in [1.82, 2.24) is 10.2 Å². The molecule has 0 bridgehead atoms. The van der Waals surface area contributed by atoms with Crippen LogP contribution in [0.5, 0.6) is 0 Å². The Morgan fingerprint density at radius 2 is 1.61 bits per heavy atom. The number of carbonyl (C=O) groups excluding carboxylic acids is 2. The minimum Gasteiger partial charge on any atom is -0.352 e. The minimum absolute atomic E-state index is 0.137. The molecule has 7 nitrogen and oxygen atoms in total. The molecule has 8 heteroatoms. The number of hydrogen-bond donors (Lipinski definition) is 1. The summed E-state index contributed by atoms with van der Waals surface area (Å²) in [4.78, 5) is 28.1. The summed E-state index contributed by atoms with van der Waals surface area (Å²) in [5.74, 6) is -0.299. The SMILES string of the molecule is Cc1ccccc1CN(C(=O)CCCN(c1ccccc1C)S(C)(=O)=O)[C@H](C)C(=O)NC1CCCC1. The van der Waals surface area contributed by atoms with Gasteiger partial charge in [0.15, 0.2) is 0 Å². The van der Waals surface area contributed by atoms with Crippen LogP contribution in [0.15, 0.2) is 48.5 Å². The molecule has 0 aromatic heterocycles. The Morgan fingerprint density at radius 3 is 2.22 bits per heavy atom.